The van der Waals surface area contributed by atoms with Crippen molar-refractivity contribution in [2.45, 2.75) is 19.0 Å². The molecule has 0 radical (unpaired) electrons. The van der Waals surface area contributed by atoms with Crippen LogP contribution in [0.1, 0.15) is 12.8 Å². The smallest absolute Gasteiger partial charge is 0.273 e. The maximum atomic E-state index is 11.7. The van der Waals surface area contributed by atoms with Crippen molar-refractivity contribution in [1.82, 2.24) is 10.4 Å². The molecule has 74 valence electrons. The fourth-order valence-corrected chi connectivity index (χ4v) is 0.952. The number of nitrogens with zero attached hydrogens (tertiary/aromatic N) is 1. The lowest BCUT2D eigenvalue weighted by molar-refractivity contribution is -0.179. The maximum absolute atomic E-state index is 11.7. The van der Waals surface area contributed by atoms with E-state index in [2.05, 4.69) is 0 Å². The van der Waals surface area contributed by atoms with Crippen molar-refractivity contribution < 1.29 is 22.8 Å². The second kappa shape index (κ2) is 3.23. The second-order valence-corrected chi connectivity index (χ2v) is 2.59. The van der Waals surface area contributed by atoms with Crippen LogP contribution in [0.25, 0.3) is 0 Å². The number of halogens is 3. The standard InChI is InChI=1S/C6H7F3N2O2/c7-6(8,9)5(13)10-11-3-1-2-4(11)12/h1-3H2,(H,10,13). The van der Waals surface area contributed by atoms with E-state index in [1.807, 2.05) is 0 Å². The van der Waals surface area contributed by atoms with Gasteiger partial charge in [-0.1, -0.05) is 0 Å². The van der Waals surface area contributed by atoms with Crippen molar-refractivity contribution in [3.05, 3.63) is 0 Å². The third-order valence-electron chi connectivity index (χ3n) is 1.57. The Kier molecular flexibility index (Phi) is 2.44. The summed E-state index contributed by atoms with van der Waals surface area (Å²) in [5, 5.41) is 0.690. The average molecular weight is 196 g/mol. The number of hydrogen-bond donors (Lipinski definition) is 1. The van der Waals surface area contributed by atoms with Crippen LogP contribution in [-0.4, -0.2) is 29.5 Å². The van der Waals surface area contributed by atoms with E-state index in [9.17, 15) is 22.8 Å². The lowest BCUT2D eigenvalue weighted by Crippen LogP contribution is -2.48. The topological polar surface area (TPSA) is 49.4 Å². The number of rotatable bonds is 1. The molecular weight excluding hydrogens is 189 g/mol. The van der Waals surface area contributed by atoms with Gasteiger partial charge in [-0.05, 0) is 6.42 Å². The van der Waals surface area contributed by atoms with Crippen molar-refractivity contribution in [3.8, 4) is 0 Å². The molecule has 0 saturated carbocycles. The van der Waals surface area contributed by atoms with Crippen LogP contribution >= 0.6 is 0 Å². The zero-order chi connectivity index (χ0) is 10.1. The highest BCUT2D eigenvalue weighted by atomic mass is 19.4. The van der Waals surface area contributed by atoms with E-state index in [4.69, 9.17) is 0 Å². The van der Waals surface area contributed by atoms with Gasteiger partial charge in [0.2, 0.25) is 5.91 Å². The van der Waals surface area contributed by atoms with Crippen LogP contribution in [0.4, 0.5) is 13.2 Å². The van der Waals surface area contributed by atoms with Gasteiger partial charge in [0.25, 0.3) is 0 Å². The first-order chi connectivity index (χ1) is 5.91. The van der Waals surface area contributed by atoms with Crippen LogP contribution in [0.5, 0.6) is 0 Å². The summed E-state index contributed by atoms with van der Waals surface area (Å²) in [4.78, 5) is 21.1. The quantitative estimate of drug-likeness (QED) is 0.651. The van der Waals surface area contributed by atoms with Gasteiger partial charge in [-0.15, -0.1) is 0 Å². The molecule has 0 spiro atoms. The number of hydrazine groups is 1. The summed E-state index contributed by atoms with van der Waals surface area (Å²) >= 11 is 0. The van der Waals surface area contributed by atoms with E-state index in [0.717, 1.165) is 0 Å². The minimum absolute atomic E-state index is 0.140. The van der Waals surface area contributed by atoms with Crippen molar-refractivity contribution in [1.29, 1.82) is 0 Å². The normalized spacial score (nSPS) is 17.8. The molecule has 1 heterocycles. The van der Waals surface area contributed by atoms with E-state index < -0.39 is 18.0 Å². The molecule has 0 bridgehead atoms. The first-order valence-electron chi connectivity index (χ1n) is 3.59. The second-order valence-electron chi connectivity index (χ2n) is 2.59. The van der Waals surface area contributed by atoms with E-state index in [0.29, 0.717) is 11.4 Å². The Morgan fingerprint density at radius 3 is 2.46 bits per heavy atom. The summed E-state index contributed by atoms with van der Waals surface area (Å²) in [5.74, 6) is -2.60. The van der Waals surface area contributed by atoms with E-state index in [1.165, 1.54) is 5.43 Å². The lowest BCUT2D eigenvalue weighted by Gasteiger charge is -2.17. The molecule has 0 aromatic heterocycles. The highest BCUT2D eigenvalue weighted by Gasteiger charge is 2.40. The summed E-state index contributed by atoms with van der Waals surface area (Å²) < 4.78 is 35.0. The van der Waals surface area contributed by atoms with Crippen LogP contribution in [0, 0.1) is 0 Å². The Morgan fingerprint density at radius 1 is 1.46 bits per heavy atom. The van der Waals surface area contributed by atoms with Crippen LogP contribution < -0.4 is 5.43 Å². The molecule has 7 heteroatoms. The van der Waals surface area contributed by atoms with Gasteiger partial charge < -0.3 is 0 Å². The van der Waals surface area contributed by atoms with Gasteiger partial charge in [-0.2, -0.15) is 13.2 Å². The Hall–Kier alpha value is -1.27. The minimum Gasteiger partial charge on any atom is -0.273 e. The van der Waals surface area contributed by atoms with Gasteiger partial charge >= 0.3 is 12.1 Å². The number of hydrogen-bond acceptors (Lipinski definition) is 2. The van der Waals surface area contributed by atoms with Gasteiger partial charge in [-0.25, -0.2) is 0 Å². The van der Waals surface area contributed by atoms with Crippen molar-refractivity contribution in [2.24, 2.45) is 0 Å². The third-order valence-corrected chi connectivity index (χ3v) is 1.57. The molecule has 0 aromatic rings. The highest BCUT2D eigenvalue weighted by Crippen LogP contribution is 2.15. The maximum Gasteiger partial charge on any atom is 0.472 e. The van der Waals surface area contributed by atoms with Crippen molar-refractivity contribution in [2.75, 3.05) is 6.54 Å². The molecule has 0 aliphatic carbocycles. The van der Waals surface area contributed by atoms with Gasteiger partial charge in [0.1, 0.15) is 0 Å². The molecule has 0 atom stereocenters. The molecule has 13 heavy (non-hydrogen) atoms. The highest BCUT2D eigenvalue weighted by molar-refractivity contribution is 5.86. The molecular formula is C6H7F3N2O2. The first-order valence-corrected chi connectivity index (χ1v) is 3.59. The number of alkyl halides is 3. The predicted molar refractivity (Wildman–Crippen MR) is 35.1 cm³/mol. The van der Waals surface area contributed by atoms with Crippen LogP contribution in [0.3, 0.4) is 0 Å². The summed E-state index contributed by atoms with van der Waals surface area (Å²) in [6.45, 7) is 0.140. The molecule has 1 aliphatic rings. The number of carbonyl (C=O) groups is 2. The first kappa shape index (κ1) is 9.82. The Labute approximate surface area is 71.7 Å². The zero-order valence-electron chi connectivity index (χ0n) is 6.52. The monoisotopic (exact) mass is 196 g/mol. The molecule has 2 amide bonds. The Morgan fingerprint density at radius 2 is 2.08 bits per heavy atom. The Balaban J connectivity index is 2.49. The SMILES string of the molecule is O=C1CCCN1NC(=O)C(F)(F)F. The van der Waals surface area contributed by atoms with Gasteiger partial charge in [-0.3, -0.25) is 20.0 Å². The lowest BCUT2D eigenvalue weighted by atomic mass is 10.4. The van der Waals surface area contributed by atoms with Crippen LogP contribution in [-0.2, 0) is 9.59 Å². The largest absolute Gasteiger partial charge is 0.472 e. The van der Waals surface area contributed by atoms with Crippen LogP contribution in [0.2, 0.25) is 0 Å². The Bertz CT molecular complexity index is 239. The molecule has 1 N–H and O–H groups in total. The van der Waals surface area contributed by atoms with E-state index >= 15 is 0 Å². The number of amides is 2. The molecule has 1 rings (SSSR count). The van der Waals surface area contributed by atoms with E-state index in [-0.39, 0.29) is 13.0 Å². The average Bonchev–Trinajstić information content (AvgIpc) is 2.34. The van der Waals surface area contributed by atoms with E-state index in [1.54, 1.807) is 0 Å². The molecule has 0 unspecified atom stereocenters. The van der Waals surface area contributed by atoms with Crippen molar-refractivity contribution >= 4 is 11.8 Å². The summed E-state index contributed by atoms with van der Waals surface area (Å²) in [6, 6.07) is 0. The predicted octanol–water partition coefficient (Wildman–Crippen LogP) is 0.202. The van der Waals surface area contributed by atoms with Gasteiger partial charge in [0.05, 0.1) is 0 Å². The number of carbonyl (C=O) groups excluding carboxylic acids is 2. The molecule has 1 aliphatic heterocycles. The molecule has 4 nitrogen and oxygen atoms in total. The molecule has 1 saturated heterocycles. The molecule has 1 fully saturated rings. The van der Waals surface area contributed by atoms with Gasteiger partial charge in [0, 0.05) is 13.0 Å². The van der Waals surface area contributed by atoms with Gasteiger partial charge in [0.15, 0.2) is 0 Å². The summed E-state index contributed by atoms with van der Waals surface area (Å²) in [6.07, 6.45) is -4.29. The zero-order valence-corrected chi connectivity index (χ0v) is 6.52. The van der Waals surface area contributed by atoms with Crippen molar-refractivity contribution in [3.63, 3.8) is 0 Å². The number of nitrogens with one attached hydrogen (secondary N) is 1. The summed E-state index contributed by atoms with van der Waals surface area (Å²) in [7, 11) is 0. The fourth-order valence-electron chi connectivity index (χ4n) is 0.952. The van der Waals surface area contributed by atoms with Crippen LogP contribution in [0.15, 0.2) is 0 Å². The molecule has 0 aromatic carbocycles. The third kappa shape index (κ3) is 2.33. The minimum atomic E-state index is -4.94. The fraction of sp³-hybridized carbons (Fsp3) is 0.667. The summed E-state index contributed by atoms with van der Waals surface area (Å²) in [5.41, 5.74) is 1.49.